The van der Waals surface area contributed by atoms with Gasteiger partial charge in [-0.2, -0.15) is 0 Å². The Hall–Kier alpha value is -3.80. The second-order valence-corrected chi connectivity index (χ2v) is 6.77. The SMILES string of the molecule is Cc1ccccc1OC(C)C(=O)NNC(=O)c1ccc(OCc2ccccc2)cc1. The lowest BCUT2D eigenvalue weighted by Crippen LogP contribution is -2.47. The molecule has 6 heteroatoms. The Morgan fingerprint density at radius 3 is 2.23 bits per heavy atom. The summed E-state index contributed by atoms with van der Waals surface area (Å²) in [6.45, 7) is 3.96. The maximum Gasteiger partial charge on any atom is 0.279 e. The molecule has 30 heavy (non-hydrogen) atoms. The third-order valence-electron chi connectivity index (χ3n) is 4.43. The molecular weight excluding hydrogens is 380 g/mol. The zero-order valence-electron chi connectivity index (χ0n) is 16.9. The van der Waals surface area contributed by atoms with E-state index in [1.54, 1.807) is 37.3 Å². The molecule has 3 aromatic carbocycles. The fourth-order valence-corrected chi connectivity index (χ4v) is 2.67. The molecule has 0 aromatic heterocycles. The first-order valence-electron chi connectivity index (χ1n) is 9.62. The summed E-state index contributed by atoms with van der Waals surface area (Å²) in [6.07, 6.45) is -0.764. The molecule has 0 saturated heterocycles. The molecule has 0 radical (unpaired) electrons. The van der Waals surface area contributed by atoms with Gasteiger partial charge in [0.2, 0.25) is 0 Å². The lowest BCUT2D eigenvalue weighted by atomic mass is 10.2. The van der Waals surface area contributed by atoms with Gasteiger partial charge in [0.15, 0.2) is 6.10 Å². The molecule has 0 saturated carbocycles. The largest absolute Gasteiger partial charge is 0.489 e. The minimum atomic E-state index is -0.764. The Morgan fingerprint density at radius 2 is 1.53 bits per heavy atom. The lowest BCUT2D eigenvalue weighted by molar-refractivity contribution is -0.128. The van der Waals surface area contributed by atoms with Gasteiger partial charge in [-0.05, 0) is 55.3 Å². The van der Waals surface area contributed by atoms with Crippen LogP contribution < -0.4 is 20.3 Å². The zero-order valence-corrected chi connectivity index (χ0v) is 16.9. The molecule has 6 nitrogen and oxygen atoms in total. The summed E-state index contributed by atoms with van der Waals surface area (Å²) < 4.78 is 11.3. The van der Waals surface area contributed by atoms with Crippen molar-refractivity contribution in [1.29, 1.82) is 0 Å². The van der Waals surface area contributed by atoms with Crippen LogP contribution in [0.3, 0.4) is 0 Å². The number of nitrogens with one attached hydrogen (secondary N) is 2. The van der Waals surface area contributed by atoms with E-state index >= 15 is 0 Å². The molecule has 0 bridgehead atoms. The molecule has 0 heterocycles. The van der Waals surface area contributed by atoms with Crippen LogP contribution in [0.4, 0.5) is 0 Å². The highest BCUT2D eigenvalue weighted by Gasteiger charge is 2.16. The summed E-state index contributed by atoms with van der Waals surface area (Å²) in [5, 5.41) is 0. The molecule has 3 rings (SSSR count). The van der Waals surface area contributed by atoms with E-state index in [2.05, 4.69) is 10.9 Å². The van der Waals surface area contributed by atoms with Crippen LogP contribution in [-0.2, 0) is 11.4 Å². The number of hydrogen-bond acceptors (Lipinski definition) is 4. The Kier molecular flexibility index (Phi) is 7.05. The van der Waals surface area contributed by atoms with E-state index in [1.807, 2.05) is 55.5 Å². The Balaban J connectivity index is 1.47. The minimum Gasteiger partial charge on any atom is -0.489 e. The highest BCUT2D eigenvalue weighted by Crippen LogP contribution is 2.18. The predicted molar refractivity (Wildman–Crippen MR) is 114 cm³/mol. The number of ether oxygens (including phenoxy) is 2. The fourth-order valence-electron chi connectivity index (χ4n) is 2.67. The van der Waals surface area contributed by atoms with Gasteiger partial charge in [-0.3, -0.25) is 20.4 Å². The highest BCUT2D eigenvalue weighted by atomic mass is 16.5. The van der Waals surface area contributed by atoms with Gasteiger partial charge < -0.3 is 9.47 Å². The molecule has 1 atom stereocenters. The van der Waals surface area contributed by atoms with E-state index < -0.39 is 17.9 Å². The number of benzene rings is 3. The molecule has 1 unspecified atom stereocenters. The molecule has 0 aliphatic heterocycles. The molecule has 3 aromatic rings. The summed E-state index contributed by atoms with van der Waals surface area (Å²) in [6, 6.07) is 23.9. The van der Waals surface area contributed by atoms with Gasteiger partial charge in [0, 0.05) is 5.56 Å². The predicted octanol–water partition coefficient (Wildman–Crippen LogP) is 3.80. The third kappa shape index (κ3) is 5.85. The maximum absolute atomic E-state index is 12.3. The number of carbonyl (C=O) groups is 2. The van der Waals surface area contributed by atoms with Gasteiger partial charge in [-0.25, -0.2) is 0 Å². The van der Waals surface area contributed by atoms with Crippen LogP contribution in [0.25, 0.3) is 0 Å². The van der Waals surface area contributed by atoms with Gasteiger partial charge in [0.1, 0.15) is 18.1 Å². The normalized spacial score (nSPS) is 11.3. The van der Waals surface area contributed by atoms with Crippen molar-refractivity contribution in [3.05, 3.63) is 95.6 Å². The van der Waals surface area contributed by atoms with Crippen molar-refractivity contribution >= 4 is 11.8 Å². The number of hydrazine groups is 1. The standard InChI is InChI=1S/C24H24N2O4/c1-17-8-6-7-11-22(17)30-18(2)23(27)25-26-24(28)20-12-14-21(15-13-20)29-16-19-9-4-3-5-10-19/h3-15,18H,16H2,1-2H3,(H,25,27)(H,26,28). The lowest BCUT2D eigenvalue weighted by Gasteiger charge is -2.16. The summed E-state index contributed by atoms with van der Waals surface area (Å²) in [7, 11) is 0. The Labute approximate surface area is 175 Å². The molecular formula is C24H24N2O4. The monoisotopic (exact) mass is 404 g/mol. The van der Waals surface area contributed by atoms with Crippen molar-refractivity contribution < 1.29 is 19.1 Å². The number of hydrogen-bond donors (Lipinski definition) is 2. The van der Waals surface area contributed by atoms with Crippen molar-refractivity contribution in [3.8, 4) is 11.5 Å². The van der Waals surface area contributed by atoms with Gasteiger partial charge in [0.25, 0.3) is 11.8 Å². The number of carbonyl (C=O) groups excluding carboxylic acids is 2. The summed E-state index contributed by atoms with van der Waals surface area (Å²) in [5.41, 5.74) is 7.17. The molecule has 154 valence electrons. The maximum atomic E-state index is 12.3. The second kappa shape index (κ2) is 10.1. The zero-order chi connectivity index (χ0) is 21.3. The van der Waals surface area contributed by atoms with Crippen molar-refractivity contribution in [2.24, 2.45) is 0 Å². The summed E-state index contributed by atoms with van der Waals surface area (Å²) in [5.74, 6) is 0.396. The molecule has 2 amide bonds. The van der Waals surface area contributed by atoms with Gasteiger partial charge in [-0.1, -0.05) is 48.5 Å². The summed E-state index contributed by atoms with van der Waals surface area (Å²) in [4.78, 5) is 24.5. The number of amides is 2. The van der Waals surface area contributed by atoms with E-state index in [9.17, 15) is 9.59 Å². The quantitative estimate of drug-likeness (QED) is 0.587. The van der Waals surface area contributed by atoms with Crippen LogP contribution in [-0.4, -0.2) is 17.9 Å². The van der Waals surface area contributed by atoms with Gasteiger partial charge >= 0.3 is 0 Å². The van der Waals surface area contributed by atoms with Crippen LogP contribution in [0.5, 0.6) is 11.5 Å². The van der Waals surface area contributed by atoms with Crippen LogP contribution in [0.15, 0.2) is 78.9 Å². The van der Waals surface area contributed by atoms with Gasteiger partial charge in [-0.15, -0.1) is 0 Å². The first kappa shape index (κ1) is 20.9. The van der Waals surface area contributed by atoms with E-state index in [4.69, 9.17) is 9.47 Å². The average molecular weight is 404 g/mol. The van der Waals surface area contributed by atoms with E-state index in [0.29, 0.717) is 23.7 Å². The van der Waals surface area contributed by atoms with Crippen molar-refractivity contribution in [3.63, 3.8) is 0 Å². The van der Waals surface area contributed by atoms with Crippen molar-refractivity contribution in [2.75, 3.05) is 0 Å². The molecule has 0 fully saturated rings. The first-order valence-corrected chi connectivity index (χ1v) is 9.62. The van der Waals surface area contributed by atoms with Crippen LogP contribution in [0.2, 0.25) is 0 Å². The highest BCUT2D eigenvalue weighted by molar-refractivity contribution is 5.95. The van der Waals surface area contributed by atoms with Crippen LogP contribution in [0, 0.1) is 6.92 Å². The van der Waals surface area contributed by atoms with E-state index in [-0.39, 0.29) is 0 Å². The van der Waals surface area contributed by atoms with Gasteiger partial charge in [0.05, 0.1) is 0 Å². The van der Waals surface area contributed by atoms with Crippen molar-refractivity contribution in [2.45, 2.75) is 26.6 Å². The molecule has 0 aliphatic carbocycles. The second-order valence-electron chi connectivity index (χ2n) is 6.77. The first-order chi connectivity index (χ1) is 14.5. The van der Waals surface area contributed by atoms with E-state index in [0.717, 1.165) is 11.1 Å². The summed E-state index contributed by atoms with van der Waals surface area (Å²) >= 11 is 0. The number of rotatable bonds is 7. The fraction of sp³-hybridized carbons (Fsp3) is 0.167. The van der Waals surface area contributed by atoms with Crippen LogP contribution in [0.1, 0.15) is 28.4 Å². The molecule has 0 spiro atoms. The molecule has 0 aliphatic rings. The molecule has 2 N–H and O–H groups in total. The Bertz CT molecular complexity index is 988. The number of aryl methyl sites for hydroxylation is 1. The minimum absolute atomic E-state index is 0.398. The Morgan fingerprint density at radius 1 is 0.867 bits per heavy atom. The van der Waals surface area contributed by atoms with Crippen molar-refractivity contribution in [1.82, 2.24) is 10.9 Å². The third-order valence-corrected chi connectivity index (χ3v) is 4.43. The topological polar surface area (TPSA) is 76.7 Å². The van der Waals surface area contributed by atoms with Crippen LogP contribution >= 0.6 is 0 Å². The average Bonchev–Trinajstić information content (AvgIpc) is 2.78. The number of para-hydroxylation sites is 1. The van der Waals surface area contributed by atoms with E-state index in [1.165, 1.54) is 0 Å². The smallest absolute Gasteiger partial charge is 0.279 e.